The van der Waals surface area contributed by atoms with Crippen molar-refractivity contribution in [3.63, 3.8) is 0 Å². The fourth-order valence-electron chi connectivity index (χ4n) is 0.870. The number of rotatable bonds is 6. The highest BCUT2D eigenvalue weighted by molar-refractivity contribution is 5.85. The van der Waals surface area contributed by atoms with Crippen LogP contribution >= 0.6 is 0 Å². The summed E-state index contributed by atoms with van der Waals surface area (Å²) in [5.41, 5.74) is 0.304. The second-order valence-electron chi connectivity index (χ2n) is 3.02. The minimum Gasteiger partial charge on any atom is -0.478 e. The molecule has 2 N–H and O–H groups in total. The number of hydrogen-bond acceptors (Lipinski definition) is 3. The molecule has 0 bridgehead atoms. The molecule has 0 aliphatic carbocycles. The van der Waals surface area contributed by atoms with E-state index in [0.717, 1.165) is 0 Å². The van der Waals surface area contributed by atoms with Gasteiger partial charge in [-0.25, -0.2) is 4.79 Å². The van der Waals surface area contributed by atoms with Gasteiger partial charge in [0.25, 0.3) is 0 Å². The standard InChI is InChI=1S/C10H14N2O3/c1-8(10(14)15)4-2-3-7-12-9(13)5-6-11/h4H,2-3,5,7H2,1H3,(H,12,13)(H,14,15). The van der Waals surface area contributed by atoms with Gasteiger partial charge in [-0.2, -0.15) is 5.26 Å². The van der Waals surface area contributed by atoms with E-state index in [0.29, 0.717) is 25.0 Å². The molecular formula is C10H14N2O3. The third kappa shape index (κ3) is 7.26. The van der Waals surface area contributed by atoms with Crippen molar-refractivity contribution >= 4 is 11.9 Å². The summed E-state index contributed by atoms with van der Waals surface area (Å²) in [6.07, 6.45) is 2.75. The second-order valence-corrected chi connectivity index (χ2v) is 3.02. The molecule has 0 rings (SSSR count). The van der Waals surface area contributed by atoms with Gasteiger partial charge in [0.1, 0.15) is 6.42 Å². The zero-order chi connectivity index (χ0) is 11.7. The normalized spacial score (nSPS) is 10.5. The number of unbranched alkanes of at least 4 members (excludes halogenated alkanes) is 1. The number of nitrogens with one attached hydrogen (secondary N) is 1. The maximum Gasteiger partial charge on any atom is 0.330 e. The van der Waals surface area contributed by atoms with Crippen molar-refractivity contribution in [1.82, 2.24) is 5.32 Å². The summed E-state index contributed by atoms with van der Waals surface area (Å²) in [6.45, 7) is 1.99. The molecule has 15 heavy (non-hydrogen) atoms. The minimum absolute atomic E-state index is 0.135. The first-order valence-corrected chi connectivity index (χ1v) is 4.61. The van der Waals surface area contributed by atoms with Gasteiger partial charge in [0.2, 0.25) is 5.91 Å². The molecule has 5 nitrogen and oxygen atoms in total. The van der Waals surface area contributed by atoms with Crippen LogP contribution in [0.3, 0.4) is 0 Å². The molecule has 0 aromatic rings. The summed E-state index contributed by atoms with van der Waals surface area (Å²) in [5, 5.41) is 19.3. The number of carbonyl (C=O) groups is 2. The number of carbonyl (C=O) groups excluding carboxylic acids is 1. The van der Waals surface area contributed by atoms with Crippen molar-refractivity contribution in [3.8, 4) is 6.07 Å². The van der Waals surface area contributed by atoms with Crippen LogP contribution in [0, 0.1) is 11.3 Å². The van der Waals surface area contributed by atoms with E-state index in [1.165, 1.54) is 6.92 Å². The van der Waals surface area contributed by atoms with E-state index in [9.17, 15) is 9.59 Å². The van der Waals surface area contributed by atoms with Crippen molar-refractivity contribution < 1.29 is 14.7 Å². The molecule has 0 saturated heterocycles. The maximum absolute atomic E-state index is 10.8. The molecule has 5 heteroatoms. The van der Waals surface area contributed by atoms with Crippen molar-refractivity contribution in [3.05, 3.63) is 11.6 Å². The van der Waals surface area contributed by atoms with Crippen molar-refractivity contribution in [2.45, 2.75) is 26.2 Å². The Balaban J connectivity index is 3.56. The largest absolute Gasteiger partial charge is 0.478 e. The Hall–Kier alpha value is -1.83. The van der Waals surface area contributed by atoms with Crippen LogP contribution in [0.4, 0.5) is 0 Å². The summed E-state index contributed by atoms with van der Waals surface area (Å²) in [7, 11) is 0. The van der Waals surface area contributed by atoms with E-state index in [4.69, 9.17) is 10.4 Å². The number of nitrogens with zero attached hydrogens (tertiary/aromatic N) is 1. The van der Waals surface area contributed by atoms with Crippen LogP contribution in [-0.4, -0.2) is 23.5 Å². The van der Waals surface area contributed by atoms with Crippen LogP contribution < -0.4 is 5.32 Å². The van der Waals surface area contributed by atoms with E-state index in [-0.39, 0.29) is 12.3 Å². The molecular weight excluding hydrogens is 196 g/mol. The van der Waals surface area contributed by atoms with Crippen molar-refractivity contribution in [2.75, 3.05) is 6.54 Å². The van der Waals surface area contributed by atoms with E-state index in [1.807, 2.05) is 0 Å². The SMILES string of the molecule is CC(=CCCCNC(=O)CC#N)C(=O)O. The second kappa shape index (κ2) is 7.56. The van der Waals surface area contributed by atoms with Gasteiger partial charge < -0.3 is 10.4 Å². The van der Waals surface area contributed by atoms with E-state index in [1.54, 1.807) is 12.1 Å². The summed E-state index contributed by atoms with van der Waals surface area (Å²) >= 11 is 0. The lowest BCUT2D eigenvalue weighted by atomic mass is 10.2. The number of hydrogen-bond donors (Lipinski definition) is 2. The van der Waals surface area contributed by atoms with Crippen molar-refractivity contribution in [1.29, 1.82) is 5.26 Å². The molecule has 0 heterocycles. The van der Waals surface area contributed by atoms with Gasteiger partial charge in [-0.15, -0.1) is 0 Å². The predicted octanol–water partition coefficient (Wildman–Crippen LogP) is 0.827. The average molecular weight is 210 g/mol. The molecule has 0 unspecified atom stereocenters. The molecule has 1 amide bonds. The lowest BCUT2D eigenvalue weighted by Crippen LogP contribution is -2.23. The summed E-state index contributed by atoms with van der Waals surface area (Å²) in [4.78, 5) is 21.2. The average Bonchev–Trinajstić information content (AvgIpc) is 2.17. The van der Waals surface area contributed by atoms with Gasteiger partial charge in [-0.1, -0.05) is 6.08 Å². The predicted molar refractivity (Wildman–Crippen MR) is 53.9 cm³/mol. The fraction of sp³-hybridized carbons (Fsp3) is 0.500. The molecule has 0 spiro atoms. The Morgan fingerprint density at radius 2 is 2.20 bits per heavy atom. The fourth-order valence-corrected chi connectivity index (χ4v) is 0.870. The first kappa shape index (κ1) is 13.2. The molecule has 0 saturated carbocycles. The molecule has 82 valence electrons. The highest BCUT2D eigenvalue weighted by Crippen LogP contribution is 1.97. The summed E-state index contributed by atoms with van der Waals surface area (Å²) in [5.74, 6) is -1.22. The molecule has 0 aliphatic rings. The molecule has 0 radical (unpaired) electrons. The zero-order valence-corrected chi connectivity index (χ0v) is 8.62. The first-order valence-electron chi connectivity index (χ1n) is 4.61. The maximum atomic E-state index is 10.8. The summed E-state index contributed by atoms with van der Waals surface area (Å²) < 4.78 is 0. The van der Waals surface area contributed by atoms with Gasteiger partial charge in [0.05, 0.1) is 6.07 Å². The monoisotopic (exact) mass is 210 g/mol. The molecule has 0 fully saturated rings. The minimum atomic E-state index is -0.927. The van der Waals surface area contributed by atoms with Crippen LogP contribution in [0.5, 0.6) is 0 Å². The molecule has 0 aliphatic heterocycles. The van der Waals surface area contributed by atoms with Crippen LogP contribution in [0.2, 0.25) is 0 Å². The lowest BCUT2D eigenvalue weighted by Gasteiger charge is -2.00. The summed E-state index contributed by atoms with van der Waals surface area (Å²) in [6, 6.07) is 1.74. The van der Waals surface area contributed by atoms with Crippen LogP contribution in [0.25, 0.3) is 0 Å². The number of aliphatic carboxylic acids is 1. The quantitative estimate of drug-likeness (QED) is 0.501. The number of allylic oxidation sites excluding steroid dienone is 1. The number of amides is 1. The third-order valence-corrected chi connectivity index (χ3v) is 1.73. The molecule has 0 aromatic heterocycles. The van der Waals surface area contributed by atoms with Crippen LogP contribution in [-0.2, 0) is 9.59 Å². The van der Waals surface area contributed by atoms with E-state index >= 15 is 0 Å². The van der Waals surface area contributed by atoms with Gasteiger partial charge in [-0.3, -0.25) is 4.79 Å². The Labute approximate surface area is 88.4 Å². The lowest BCUT2D eigenvalue weighted by molar-refractivity contribution is -0.132. The zero-order valence-electron chi connectivity index (χ0n) is 8.62. The smallest absolute Gasteiger partial charge is 0.330 e. The number of nitriles is 1. The van der Waals surface area contributed by atoms with Gasteiger partial charge in [0, 0.05) is 12.1 Å². The van der Waals surface area contributed by atoms with E-state index in [2.05, 4.69) is 5.32 Å². The Morgan fingerprint density at radius 3 is 2.73 bits per heavy atom. The van der Waals surface area contributed by atoms with Gasteiger partial charge >= 0.3 is 5.97 Å². The van der Waals surface area contributed by atoms with Gasteiger partial charge in [0.15, 0.2) is 0 Å². The number of carboxylic acids is 1. The Morgan fingerprint density at radius 1 is 1.53 bits per heavy atom. The molecule has 0 aromatic carbocycles. The third-order valence-electron chi connectivity index (χ3n) is 1.73. The number of carboxylic acid groups (broad SMARTS) is 1. The van der Waals surface area contributed by atoms with E-state index < -0.39 is 5.97 Å². The van der Waals surface area contributed by atoms with Crippen LogP contribution in [0.1, 0.15) is 26.2 Å². The van der Waals surface area contributed by atoms with Crippen molar-refractivity contribution in [2.24, 2.45) is 0 Å². The Bertz CT molecular complexity index is 302. The van der Waals surface area contributed by atoms with Gasteiger partial charge in [-0.05, 0) is 19.8 Å². The first-order chi connectivity index (χ1) is 7.07. The highest BCUT2D eigenvalue weighted by atomic mass is 16.4. The Kier molecular flexibility index (Phi) is 6.64. The highest BCUT2D eigenvalue weighted by Gasteiger charge is 1.99. The topological polar surface area (TPSA) is 90.2 Å². The van der Waals surface area contributed by atoms with Crippen LogP contribution in [0.15, 0.2) is 11.6 Å². The molecule has 0 atom stereocenters.